The van der Waals surface area contributed by atoms with Crippen molar-refractivity contribution in [1.29, 1.82) is 0 Å². The number of amides is 1. The van der Waals surface area contributed by atoms with Crippen molar-refractivity contribution in [2.75, 3.05) is 44.4 Å². The molecule has 1 saturated heterocycles. The van der Waals surface area contributed by atoms with Gasteiger partial charge in [-0.1, -0.05) is 24.3 Å². The van der Waals surface area contributed by atoms with Gasteiger partial charge in [-0.25, -0.2) is 8.42 Å². The quantitative estimate of drug-likeness (QED) is 0.585. The first-order valence-corrected chi connectivity index (χ1v) is 12.4. The van der Waals surface area contributed by atoms with Crippen LogP contribution in [0.2, 0.25) is 0 Å². The van der Waals surface area contributed by atoms with E-state index in [0.717, 1.165) is 35.8 Å². The molecule has 0 atom stereocenters. The highest BCUT2D eigenvalue weighted by Gasteiger charge is 2.24. The van der Waals surface area contributed by atoms with Crippen LogP contribution in [-0.4, -0.2) is 59.3 Å². The number of methoxy groups -OCH3 is 2. The molecule has 0 bridgehead atoms. The fraction of sp³-hybridized carbons (Fsp3) is 0.435. The first-order chi connectivity index (χ1) is 15.3. The minimum absolute atomic E-state index is 0.247. The van der Waals surface area contributed by atoms with Crippen molar-refractivity contribution in [2.24, 2.45) is 0 Å². The van der Waals surface area contributed by atoms with Crippen molar-refractivity contribution in [3.8, 4) is 11.5 Å². The molecule has 1 amide bonds. The Morgan fingerprint density at radius 1 is 1.06 bits per heavy atom. The molecule has 9 heteroatoms. The molecule has 0 radical (unpaired) electrons. The van der Waals surface area contributed by atoms with E-state index in [1.54, 1.807) is 12.1 Å². The van der Waals surface area contributed by atoms with Crippen LogP contribution >= 0.6 is 0 Å². The van der Waals surface area contributed by atoms with Crippen LogP contribution in [-0.2, 0) is 27.9 Å². The summed E-state index contributed by atoms with van der Waals surface area (Å²) in [4.78, 5) is 15.1. The summed E-state index contributed by atoms with van der Waals surface area (Å²) in [5.41, 5.74) is 2.43. The van der Waals surface area contributed by atoms with E-state index in [0.29, 0.717) is 18.0 Å². The predicted molar refractivity (Wildman–Crippen MR) is 125 cm³/mol. The second-order valence-corrected chi connectivity index (χ2v) is 9.79. The highest BCUT2D eigenvalue weighted by Crippen LogP contribution is 2.33. The van der Waals surface area contributed by atoms with Crippen LogP contribution in [0.25, 0.3) is 0 Å². The number of anilines is 1. The number of hydrogen-bond donors (Lipinski definition) is 1. The fourth-order valence-electron chi connectivity index (χ4n) is 3.80. The zero-order chi connectivity index (χ0) is 23.1. The van der Waals surface area contributed by atoms with Gasteiger partial charge in [0.15, 0.2) is 0 Å². The molecule has 174 valence electrons. The Labute approximate surface area is 190 Å². The standard InChI is InChI=1S/C23H31N3O5S/c1-30-20-9-10-22(31-2)21(14-20)26(32(3,28)29)17-23(27)24-15-18-7-6-8-19(13-18)16-25-11-4-5-12-25/h6-10,13-14H,4-5,11-12,15-17H2,1-3H3,(H,24,27). The van der Waals surface area contributed by atoms with Gasteiger partial charge < -0.3 is 14.8 Å². The molecule has 0 unspecified atom stereocenters. The van der Waals surface area contributed by atoms with Crippen LogP contribution < -0.4 is 19.1 Å². The Bertz CT molecular complexity index is 1040. The summed E-state index contributed by atoms with van der Waals surface area (Å²) in [7, 11) is -0.810. The smallest absolute Gasteiger partial charge is 0.241 e. The van der Waals surface area contributed by atoms with Crippen molar-refractivity contribution in [3.63, 3.8) is 0 Å². The van der Waals surface area contributed by atoms with E-state index >= 15 is 0 Å². The number of nitrogens with one attached hydrogen (secondary N) is 1. The number of carbonyl (C=O) groups is 1. The summed E-state index contributed by atoms with van der Waals surface area (Å²) in [5.74, 6) is 0.383. The lowest BCUT2D eigenvalue weighted by Crippen LogP contribution is -2.40. The average molecular weight is 462 g/mol. The van der Waals surface area contributed by atoms with Crippen LogP contribution in [0, 0.1) is 0 Å². The summed E-state index contributed by atoms with van der Waals surface area (Å²) < 4.78 is 36.5. The molecule has 0 aromatic heterocycles. The number of likely N-dealkylation sites (tertiary alicyclic amines) is 1. The van der Waals surface area contributed by atoms with Gasteiger partial charge in [-0.15, -0.1) is 0 Å². The molecule has 3 rings (SSSR count). The van der Waals surface area contributed by atoms with E-state index in [4.69, 9.17) is 9.47 Å². The Balaban J connectivity index is 1.68. The maximum Gasteiger partial charge on any atom is 0.241 e. The van der Waals surface area contributed by atoms with Gasteiger partial charge in [-0.2, -0.15) is 0 Å². The Morgan fingerprint density at radius 3 is 2.44 bits per heavy atom. The van der Waals surface area contributed by atoms with E-state index in [1.165, 1.54) is 38.7 Å². The van der Waals surface area contributed by atoms with Crippen LogP contribution in [0.15, 0.2) is 42.5 Å². The highest BCUT2D eigenvalue weighted by molar-refractivity contribution is 7.92. The van der Waals surface area contributed by atoms with Gasteiger partial charge in [0.25, 0.3) is 0 Å². The molecule has 8 nitrogen and oxygen atoms in total. The molecule has 1 N–H and O–H groups in total. The summed E-state index contributed by atoms with van der Waals surface area (Å²) in [6.45, 7) is 3.10. The maximum atomic E-state index is 12.7. The van der Waals surface area contributed by atoms with Crippen molar-refractivity contribution in [3.05, 3.63) is 53.6 Å². The Morgan fingerprint density at radius 2 is 1.78 bits per heavy atom. The summed E-state index contributed by atoms with van der Waals surface area (Å²) in [6, 6.07) is 12.9. The molecule has 2 aromatic carbocycles. The van der Waals surface area contributed by atoms with Gasteiger partial charge in [-0.3, -0.25) is 14.0 Å². The number of nitrogens with zero attached hydrogens (tertiary/aromatic N) is 2. The largest absolute Gasteiger partial charge is 0.497 e. The van der Waals surface area contributed by atoms with Gasteiger partial charge in [0.2, 0.25) is 15.9 Å². The number of sulfonamides is 1. The summed E-state index contributed by atoms with van der Waals surface area (Å²) >= 11 is 0. The van der Waals surface area contributed by atoms with E-state index < -0.39 is 15.9 Å². The van der Waals surface area contributed by atoms with Crippen LogP contribution in [0.1, 0.15) is 24.0 Å². The first-order valence-electron chi connectivity index (χ1n) is 10.6. The van der Waals surface area contributed by atoms with Crippen molar-refractivity contribution in [2.45, 2.75) is 25.9 Å². The van der Waals surface area contributed by atoms with Gasteiger partial charge in [0, 0.05) is 19.2 Å². The van der Waals surface area contributed by atoms with Crippen molar-refractivity contribution in [1.82, 2.24) is 10.2 Å². The molecular formula is C23H31N3O5S. The van der Waals surface area contributed by atoms with E-state index in [1.807, 2.05) is 12.1 Å². The van der Waals surface area contributed by atoms with Crippen LogP contribution in [0.5, 0.6) is 11.5 Å². The van der Waals surface area contributed by atoms with Gasteiger partial charge >= 0.3 is 0 Å². The molecule has 0 aliphatic carbocycles. The third-order valence-electron chi connectivity index (χ3n) is 5.43. The van der Waals surface area contributed by atoms with Crippen molar-refractivity contribution < 1.29 is 22.7 Å². The topological polar surface area (TPSA) is 88.2 Å². The Kier molecular flexibility index (Phi) is 7.98. The second-order valence-electron chi connectivity index (χ2n) is 7.89. The summed E-state index contributed by atoms with van der Waals surface area (Å²) in [5, 5.41) is 2.83. The van der Waals surface area contributed by atoms with Gasteiger partial charge in [-0.05, 0) is 49.2 Å². The number of ether oxygens (including phenoxy) is 2. The lowest BCUT2D eigenvalue weighted by Gasteiger charge is -2.24. The number of rotatable bonds is 10. The lowest BCUT2D eigenvalue weighted by molar-refractivity contribution is -0.119. The molecule has 1 heterocycles. The minimum Gasteiger partial charge on any atom is -0.497 e. The second kappa shape index (κ2) is 10.7. The van der Waals surface area contributed by atoms with Gasteiger partial charge in [0.05, 0.1) is 26.2 Å². The monoisotopic (exact) mass is 461 g/mol. The fourth-order valence-corrected chi connectivity index (χ4v) is 4.65. The molecule has 1 aliphatic heterocycles. The molecule has 0 saturated carbocycles. The van der Waals surface area contributed by atoms with Crippen LogP contribution in [0.3, 0.4) is 0 Å². The molecule has 0 spiro atoms. The van der Waals surface area contributed by atoms with E-state index in [9.17, 15) is 13.2 Å². The number of benzene rings is 2. The molecule has 32 heavy (non-hydrogen) atoms. The molecule has 1 fully saturated rings. The number of hydrogen-bond acceptors (Lipinski definition) is 6. The average Bonchev–Trinajstić information content (AvgIpc) is 3.28. The first kappa shape index (κ1) is 23.9. The maximum absolute atomic E-state index is 12.7. The Hall–Kier alpha value is -2.78. The number of carbonyl (C=O) groups excluding carboxylic acids is 1. The van der Waals surface area contributed by atoms with E-state index in [2.05, 4.69) is 22.3 Å². The van der Waals surface area contributed by atoms with Crippen LogP contribution in [0.4, 0.5) is 5.69 Å². The molecule has 1 aliphatic rings. The van der Waals surface area contributed by atoms with Gasteiger partial charge in [0.1, 0.15) is 18.0 Å². The lowest BCUT2D eigenvalue weighted by atomic mass is 10.1. The SMILES string of the molecule is COc1ccc(OC)c(N(CC(=O)NCc2cccc(CN3CCCC3)c2)S(C)(=O)=O)c1. The summed E-state index contributed by atoms with van der Waals surface area (Å²) in [6.07, 6.45) is 3.54. The minimum atomic E-state index is -3.74. The third-order valence-corrected chi connectivity index (χ3v) is 6.55. The third kappa shape index (κ3) is 6.37. The normalized spacial score (nSPS) is 14.2. The highest BCUT2D eigenvalue weighted by atomic mass is 32.2. The molecule has 2 aromatic rings. The van der Waals surface area contributed by atoms with Crippen molar-refractivity contribution >= 4 is 21.6 Å². The predicted octanol–water partition coefficient (Wildman–Crippen LogP) is 2.38. The zero-order valence-corrected chi connectivity index (χ0v) is 19.7. The van der Waals surface area contributed by atoms with E-state index in [-0.39, 0.29) is 12.2 Å². The molecular weight excluding hydrogens is 430 g/mol. The zero-order valence-electron chi connectivity index (χ0n) is 18.8.